The highest BCUT2D eigenvalue weighted by Gasteiger charge is 2.21. The fraction of sp³-hybridized carbons (Fsp3) is 0.455. The van der Waals surface area contributed by atoms with Crippen LogP contribution in [0.5, 0.6) is 0 Å². The van der Waals surface area contributed by atoms with Crippen molar-refractivity contribution < 1.29 is 4.39 Å². The van der Waals surface area contributed by atoms with Crippen LogP contribution >= 0.6 is 0 Å². The number of benzene rings is 1. The predicted molar refractivity (Wildman–Crippen MR) is 55.8 cm³/mol. The standard InChI is InChI=1S/C11H15FN2/c12-10-2-1-3-11(6-10)14-5-4-9(7-13)8-14/h1-3,6,9H,4-5,7-8,13H2/t9-/m0/s1. The van der Waals surface area contributed by atoms with E-state index < -0.39 is 0 Å². The Morgan fingerprint density at radius 2 is 2.36 bits per heavy atom. The molecule has 0 spiro atoms. The number of hydrogen-bond donors (Lipinski definition) is 1. The number of hydrogen-bond acceptors (Lipinski definition) is 2. The molecule has 1 fully saturated rings. The summed E-state index contributed by atoms with van der Waals surface area (Å²) >= 11 is 0. The molecule has 0 saturated carbocycles. The third kappa shape index (κ3) is 1.87. The van der Waals surface area contributed by atoms with Gasteiger partial charge >= 0.3 is 0 Å². The Kier molecular flexibility index (Phi) is 2.68. The van der Waals surface area contributed by atoms with Crippen LogP contribution in [0.2, 0.25) is 0 Å². The van der Waals surface area contributed by atoms with Gasteiger partial charge in [-0.2, -0.15) is 0 Å². The van der Waals surface area contributed by atoms with Gasteiger partial charge < -0.3 is 10.6 Å². The second-order valence-electron chi connectivity index (χ2n) is 3.82. The predicted octanol–water partition coefficient (Wildman–Crippen LogP) is 1.61. The van der Waals surface area contributed by atoms with Crippen LogP contribution in [-0.4, -0.2) is 19.6 Å². The molecule has 1 heterocycles. The molecule has 1 atom stereocenters. The highest BCUT2D eigenvalue weighted by molar-refractivity contribution is 5.47. The molecule has 76 valence electrons. The number of anilines is 1. The van der Waals surface area contributed by atoms with Crippen LogP contribution in [0.25, 0.3) is 0 Å². The lowest BCUT2D eigenvalue weighted by molar-refractivity contribution is 0.602. The van der Waals surface area contributed by atoms with Gasteiger partial charge in [0.1, 0.15) is 5.82 Å². The van der Waals surface area contributed by atoms with E-state index in [4.69, 9.17) is 5.73 Å². The molecule has 0 aliphatic carbocycles. The monoisotopic (exact) mass is 194 g/mol. The van der Waals surface area contributed by atoms with E-state index >= 15 is 0 Å². The van der Waals surface area contributed by atoms with Crippen LogP contribution in [0.3, 0.4) is 0 Å². The minimum atomic E-state index is -0.168. The van der Waals surface area contributed by atoms with Crippen LogP contribution in [0.15, 0.2) is 24.3 Å². The van der Waals surface area contributed by atoms with Crippen molar-refractivity contribution in [3.8, 4) is 0 Å². The summed E-state index contributed by atoms with van der Waals surface area (Å²) in [4.78, 5) is 2.20. The minimum Gasteiger partial charge on any atom is -0.371 e. The first-order valence-electron chi connectivity index (χ1n) is 5.00. The zero-order chi connectivity index (χ0) is 9.97. The third-order valence-electron chi connectivity index (χ3n) is 2.79. The summed E-state index contributed by atoms with van der Waals surface area (Å²) in [6.07, 6.45) is 1.12. The highest BCUT2D eigenvalue weighted by Crippen LogP contribution is 2.23. The quantitative estimate of drug-likeness (QED) is 0.775. The molecule has 0 radical (unpaired) electrons. The normalized spacial score (nSPS) is 21.6. The van der Waals surface area contributed by atoms with Crippen molar-refractivity contribution in [1.82, 2.24) is 0 Å². The maximum Gasteiger partial charge on any atom is 0.125 e. The Morgan fingerprint density at radius 1 is 1.50 bits per heavy atom. The maximum atomic E-state index is 12.9. The van der Waals surface area contributed by atoms with E-state index in [1.807, 2.05) is 6.07 Å². The van der Waals surface area contributed by atoms with Gasteiger partial charge in [-0.25, -0.2) is 4.39 Å². The topological polar surface area (TPSA) is 29.3 Å². The molecule has 2 rings (SSSR count). The summed E-state index contributed by atoms with van der Waals surface area (Å²) in [5.41, 5.74) is 6.58. The van der Waals surface area contributed by atoms with Gasteiger partial charge in [-0.3, -0.25) is 0 Å². The maximum absolute atomic E-state index is 12.9. The number of rotatable bonds is 2. The Morgan fingerprint density at radius 3 is 3.00 bits per heavy atom. The van der Waals surface area contributed by atoms with E-state index in [9.17, 15) is 4.39 Å². The molecule has 2 N–H and O–H groups in total. The van der Waals surface area contributed by atoms with Crippen LogP contribution in [0, 0.1) is 11.7 Å². The Labute approximate surface area is 83.5 Å². The molecule has 3 heteroatoms. The molecule has 1 aliphatic rings. The van der Waals surface area contributed by atoms with E-state index in [1.165, 1.54) is 6.07 Å². The molecule has 2 nitrogen and oxygen atoms in total. The summed E-state index contributed by atoms with van der Waals surface area (Å²) in [6.45, 7) is 2.68. The van der Waals surface area contributed by atoms with Gasteiger partial charge in [0, 0.05) is 18.8 Å². The number of halogens is 1. The first-order chi connectivity index (χ1) is 6.79. The van der Waals surface area contributed by atoms with Crippen molar-refractivity contribution in [2.45, 2.75) is 6.42 Å². The van der Waals surface area contributed by atoms with Gasteiger partial charge in [-0.15, -0.1) is 0 Å². The van der Waals surface area contributed by atoms with Crippen molar-refractivity contribution in [3.05, 3.63) is 30.1 Å². The van der Waals surface area contributed by atoms with E-state index in [1.54, 1.807) is 12.1 Å². The Balaban J connectivity index is 2.09. The van der Waals surface area contributed by atoms with Crippen LogP contribution in [0.4, 0.5) is 10.1 Å². The fourth-order valence-corrected chi connectivity index (χ4v) is 1.93. The molecule has 1 aromatic carbocycles. The van der Waals surface area contributed by atoms with Crippen molar-refractivity contribution in [1.29, 1.82) is 0 Å². The molecule has 0 unspecified atom stereocenters. The zero-order valence-corrected chi connectivity index (χ0v) is 8.12. The van der Waals surface area contributed by atoms with Crippen LogP contribution in [0.1, 0.15) is 6.42 Å². The second-order valence-corrected chi connectivity index (χ2v) is 3.82. The van der Waals surface area contributed by atoms with Gasteiger partial charge in [0.05, 0.1) is 0 Å². The molecule has 0 amide bonds. The number of nitrogens with zero attached hydrogens (tertiary/aromatic N) is 1. The molecular formula is C11H15FN2. The van der Waals surface area contributed by atoms with Gasteiger partial charge in [0.15, 0.2) is 0 Å². The first kappa shape index (κ1) is 9.46. The lowest BCUT2D eigenvalue weighted by atomic mass is 10.1. The molecule has 0 bridgehead atoms. The van der Waals surface area contributed by atoms with Gasteiger partial charge in [0.25, 0.3) is 0 Å². The molecule has 1 aliphatic heterocycles. The van der Waals surface area contributed by atoms with Crippen LogP contribution in [-0.2, 0) is 0 Å². The molecular weight excluding hydrogens is 179 g/mol. The summed E-state index contributed by atoms with van der Waals surface area (Å²) in [7, 11) is 0. The molecule has 1 saturated heterocycles. The smallest absolute Gasteiger partial charge is 0.125 e. The fourth-order valence-electron chi connectivity index (χ4n) is 1.93. The lowest BCUT2D eigenvalue weighted by Crippen LogP contribution is -2.22. The van der Waals surface area contributed by atoms with E-state index in [0.717, 1.165) is 31.7 Å². The average Bonchev–Trinajstić information content (AvgIpc) is 2.66. The van der Waals surface area contributed by atoms with Gasteiger partial charge in [-0.05, 0) is 37.1 Å². The third-order valence-corrected chi connectivity index (χ3v) is 2.79. The van der Waals surface area contributed by atoms with E-state index in [0.29, 0.717) is 5.92 Å². The number of nitrogens with two attached hydrogens (primary N) is 1. The zero-order valence-electron chi connectivity index (χ0n) is 8.12. The molecule has 14 heavy (non-hydrogen) atoms. The van der Waals surface area contributed by atoms with Crippen molar-refractivity contribution in [3.63, 3.8) is 0 Å². The summed E-state index contributed by atoms with van der Waals surface area (Å²) in [6, 6.07) is 6.75. The van der Waals surface area contributed by atoms with E-state index in [2.05, 4.69) is 4.90 Å². The Hall–Kier alpha value is -1.09. The summed E-state index contributed by atoms with van der Waals surface area (Å²) < 4.78 is 12.9. The second kappa shape index (κ2) is 3.96. The summed E-state index contributed by atoms with van der Waals surface area (Å²) in [5, 5.41) is 0. The van der Waals surface area contributed by atoms with E-state index in [-0.39, 0.29) is 5.82 Å². The largest absolute Gasteiger partial charge is 0.371 e. The van der Waals surface area contributed by atoms with Crippen LogP contribution < -0.4 is 10.6 Å². The minimum absolute atomic E-state index is 0.168. The SMILES string of the molecule is NC[C@@H]1CCN(c2cccc(F)c2)C1. The van der Waals surface area contributed by atoms with Crippen molar-refractivity contribution >= 4 is 5.69 Å². The van der Waals surface area contributed by atoms with Crippen molar-refractivity contribution in [2.24, 2.45) is 11.7 Å². The highest BCUT2D eigenvalue weighted by atomic mass is 19.1. The lowest BCUT2D eigenvalue weighted by Gasteiger charge is -2.18. The Bertz CT molecular complexity index is 314. The molecule has 1 aromatic rings. The van der Waals surface area contributed by atoms with Crippen molar-refractivity contribution in [2.75, 3.05) is 24.5 Å². The summed E-state index contributed by atoms with van der Waals surface area (Å²) in [5.74, 6) is 0.400. The average molecular weight is 194 g/mol. The van der Waals surface area contributed by atoms with Gasteiger partial charge in [-0.1, -0.05) is 6.07 Å². The van der Waals surface area contributed by atoms with Gasteiger partial charge in [0.2, 0.25) is 0 Å². The molecule has 0 aromatic heterocycles. The first-order valence-corrected chi connectivity index (χ1v) is 5.00.